The van der Waals surface area contributed by atoms with Crippen molar-refractivity contribution in [2.24, 2.45) is 0 Å². The van der Waals surface area contributed by atoms with E-state index in [1.807, 2.05) is 18.2 Å². The minimum absolute atomic E-state index is 0.0218. The molecule has 1 aliphatic rings. The fourth-order valence-electron chi connectivity index (χ4n) is 3.58. The molecule has 0 aliphatic carbocycles. The van der Waals surface area contributed by atoms with Gasteiger partial charge in [-0.15, -0.1) is 0 Å². The minimum atomic E-state index is -0.265. The second kappa shape index (κ2) is 7.02. The van der Waals surface area contributed by atoms with Crippen LogP contribution in [-0.4, -0.2) is 14.7 Å². The van der Waals surface area contributed by atoms with Gasteiger partial charge in [-0.2, -0.15) is 0 Å². The van der Waals surface area contributed by atoms with Gasteiger partial charge in [-0.1, -0.05) is 6.07 Å². The monoisotopic (exact) mass is 394 g/mol. The molecule has 1 aromatic carbocycles. The standard InChI is InChI=1S/C22H23FN4S/c1-22(2,3)26-13-11-15(14-26)20-19(18-6-4-5-12-24-18)25-21(28)27(20)17-9-7-16(23)8-10-17/h4-14,19-20H,1-3H3,(H,25,28)/t19-,20-/m1/s1. The molecule has 28 heavy (non-hydrogen) atoms. The normalized spacial score (nSPS) is 19.7. The van der Waals surface area contributed by atoms with E-state index in [0.717, 1.165) is 16.9 Å². The number of benzene rings is 1. The first-order valence-electron chi connectivity index (χ1n) is 9.29. The lowest BCUT2D eigenvalue weighted by atomic mass is 9.98. The first-order chi connectivity index (χ1) is 13.3. The maximum absolute atomic E-state index is 13.5. The lowest BCUT2D eigenvalue weighted by Crippen LogP contribution is -2.29. The Morgan fingerprint density at radius 2 is 1.82 bits per heavy atom. The zero-order valence-electron chi connectivity index (χ0n) is 16.1. The summed E-state index contributed by atoms with van der Waals surface area (Å²) in [4.78, 5) is 6.61. The number of anilines is 1. The van der Waals surface area contributed by atoms with Crippen LogP contribution in [0.15, 0.2) is 67.1 Å². The van der Waals surface area contributed by atoms with Crippen molar-refractivity contribution >= 4 is 23.0 Å². The third kappa shape index (κ3) is 3.40. The summed E-state index contributed by atoms with van der Waals surface area (Å²) < 4.78 is 15.7. The molecule has 2 atom stereocenters. The molecular formula is C22H23FN4S. The number of nitrogens with one attached hydrogen (secondary N) is 1. The van der Waals surface area contributed by atoms with Crippen LogP contribution in [0.1, 0.15) is 44.1 Å². The van der Waals surface area contributed by atoms with Gasteiger partial charge in [0.15, 0.2) is 5.11 Å². The molecule has 0 amide bonds. The summed E-state index contributed by atoms with van der Waals surface area (Å²) in [5, 5.41) is 4.03. The lowest BCUT2D eigenvalue weighted by molar-refractivity contribution is 0.397. The molecule has 1 N–H and O–H groups in total. The molecule has 1 saturated heterocycles. The maximum atomic E-state index is 13.5. The summed E-state index contributed by atoms with van der Waals surface area (Å²) in [6.45, 7) is 6.51. The number of hydrogen-bond acceptors (Lipinski definition) is 2. The Bertz CT molecular complexity index is 976. The average molecular weight is 395 g/mol. The van der Waals surface area contributed by atoms with Crippen LogP contribution in [0.25, 0.3) is 0 Å². The number of thiocarbonyl (C=S) groups is 1. The predicted molar refractivity (Wildman–Crippen MR) is 114 cm³/mol. The molecule has 0 saturated carbocycles. The van der Waals surface area contributed by atoms with Crippen molar-refractivity contribution in [2.45, 2.75) is 38.4 Å². The van der Waals surface area contributed by atoms with Gasteiger partial charge < -0.3 is 14.8 Å². The highest BCUT2D eigenvalue weighted by molar-refractivity contribution is 7.80. The fraction of sp³-hybridized carbons (Fsp3) is 0.273. The van der Waals surface area contributed by atoms with Crippen molar-refractivity contribution in [3.05, 3.63) is 84.2 Å². The van der Waals surface area contributed by atoms with Gasteiger partial charge in [0.05, 0.1) is 17.8 Å². The largest absolute Gasteiger partial charge is 0.351 e. The van der Waals surface area contributed by atoms with Crippen molar-refractivity contribution < 1.29 is 4.39 Å². The molecule has 4 nitrogen and oxygen atoms in total. The second-order valence-corrected chi connectivity index (χ2v) is 8.38. The summed E-state index contributed by atoms with van der Waals surface area (Å²) in [5.41, 5.74) is 2.88. The van der Waals surface area contributed by atoms with Gasteiger partial charge in [-0.3, -0.25) is 4.98 Å². The highest BCUT2D eigenvalue weighted by Crippen LogP contribution is 2.41. The zero-order chi connectivity index (χ0) is 19.9. The van der Waals surface area contributed by atoms with Gasteiger partial charge in [-0.05, 0) is 81.0 Å². The Morgan fingerprint density at radius 1 is 1.07 bits per heavy atom. The molecule has 0 spiro atoms. The number of aromatic nitrogens is 2. The third-order valence-corrected chi connectivity index (χ3v) is 5.35. The Morgan fingerprint density at radius 3 is 2.43 bits per heavy atom. The fourth-order valence-corrected chi connectivity index (χ4v) is 3.92. The molecule has 3 aromatic rings. The zero-order valence-corrected chi connectivity index (χ0v) is 16.9. The Labute approximate surface area is 170 Å². The van der Waals surface area contributed by atoms with Crippen LogP contribution < -0.4 is 10.2 Å². The van der Waals surface area contributed by atoms with E-state index in [0.29, 0.717) is 5.11 Å². The van der Waals surface area contributed by atoms with Crippen molar-refractivity contribution in [1.29, 1.82) is 0 Å². The smallest absolute Gasteiger partial charge is 0.174 e. The Balaban J connectivity index is 1.81. The Hall–Kier alpha value is -2.73. The van der Waals surface area contributed by atoms with Crippen molar-refractivity contribution in [3.8, 4) is 0 Å². The molecule has 144 valence electrons. The molecule has 2 aromatic heterocycles. The highest BCUT2D eigenvalue weighted by Gasteiger charge is 2.41. The predicted octanol–water partition coefficient (Wildman–Crippen LogP) is 4.95. The highest BCUT2D eigenvalue weighted by atomic mass is 32.1. The SMILES string of the molecule is CC(C)(C)n1ccc([C@@H]2[C@@H](c3ccccn3)NC(=S)N2c2ccc(F)cc2)c1. The topological polar surface area (TPSA) is 33.1 Å². The van der Waals surface area contributed by atoms with Gasteiger partial charge in [-0.25, -0.2) is 4.39 Å². The van der Waals surface area contributed by atoms with Gasteiger partial charge in [0.25, 0.3) is 0 Å². The summed E-state index contributed by atoms with van der Waals surface area (Å²) in [5.74, 6) is -0.265. The van der Waals surface area contributed by atoms with Gasteiger partial charge >= 0.3 is 0 Å². The summed E-state index contributed by atoms with van der Waals surface area (Å²) in [6, 6.07) is 14.3. The van der Waals surface area contributed by atoms with Crippen molar-refractivity contribution in [2.75, 3.05) is 4.90 Å². The summed E-state index contributed by atoms with van der Waals surface area (Å²) in [6.07, 6.45) is 6.04. The minimum Gasteiger partial charge on any atom is -0.351 e. The van der Waals surface area contributed by atoms with Gasteiger partial charge in [0, 0.05) is 29.8 Å². The quantitative estimate of drug-likeness (QED) is 0.637. The van der Waals surface area contributed by atoms with Gasteiger partial charge in [0.2, 0.25) is 0 Å². The number of pyridine rings is 1. The number of rotatable bonds is 3. The van der Waals surface area contributed by atoms with Crippen LogP contribution in [0, 0.1) is 5.82 Å². The van der Waals surface area contributed by atoms with Crippen molar-refractivity contribution in [1.82, 2.24) is 14.9 Å². The molecule has 1 aliphatic heterocycles. The summed E-state index contributed by atoms with van der Waals surface area (Å²) in [7, 11) is 0. The first-order valence-corrected chi connectivity index (χ1v) is 9.70. The van der Waals surface area contributed by atoms with Crippen LogP contribution in [-0.2, 0) is 5.54 Å². The average Bonchev–Trinajstić information content (AvgIpc) is 3.28. The molecule has 4 rings (SSSR count). The van der Waals surface area contributed by atoms with Crippen LogP contribution in [0.4, 0.5) is 10.1 Å². The van der Waals surface area contributed by atoms with E-state index in [2.05, 4.69) is 59.0 Å². The van der Waals surface area contributed by atoms with E-state index in [1.165, 1.54) is 12.1 Å². The summed E-state index contributed by atoms with van der Waals surface area (Å²) >= 11 is 5.68. The molecule has 0 bridgehead atoms. The van der Waals surface area contributed by atoms with Crippen molar-refractivity contribution in [3.63, 3.8) is 0 Å². The van der Waals surface area contributed by atoms with E-state index in [1.54, 1.807) is 18.3 Å². The molecular weight excluding hydrogens is 371 g/mol. The first kappa shape index (κ1) is 18.6. The number of hydrogen-bond donors (Lipinski definition) is 1. The number of halogens is 1. The van der Waals surface area contributed by atoms with E-state index in [4.69, 9.17) is 12.2 Å². The Kier molecular flexibility index (Phi) is 4.67. The van der Waals surface area contributed by atoms with Gasteiger partial charge in [0.1, 0.15) is 5.82 Å². The van der Waals surface area contributed by atoms with Crippen LogP contribution >= 0.6 is 12.2 Å². The third-order valence-electron chi connectivity index (χ3n) is 5.03. The van der Waals surface area contributed by atoms with Crippen LogP contribution in [0.5, 0.6) is 0 Å². The van der Waals surface area contributed by atoms with E-state index >= 15 is 0 Å². The molecule has 3 heterocycles. The van der Waals surface area contributed by atoms with Crippen LogP contribution in [0.3, 0.4) is 0 Å². The van der Waals surface area contributed by atoms with E-state index in [-0.39, 0.29) is 23.4 Å². The van der Waals surface area contributed by atoms with E-state index in [9.17, 15) is 4.39 Å². The molecule has 6 heteroatoms. The number of nitrogens with zero attached hydrogens (tertiary/aromatic N) is 3. The molecule has 1 fully saturated rings. The lowest BCUT2D eigenvalue weighted by Gasteiger charge is -2.27. The van der Waals surface area contributed by atoms with E-state index < -0.39 is 0 Å². The second-order valence-electron chi connectivity index (χ2n) is 8.00. The maximum Gasteiger partial charge on any atom is 0.174 e. The molecule has 0 radical (unpaired) electrons. The molecule has 0 unspecified atom stereocenters. The van der Waals surface area contributed by atoms with Crippen LogP contribution in [0.2, 0.25) is 0 Å².